The Bertz CT molecular complexity index is 579. The van der Waals surface area contributed by atoms with Gasteiger partial charge >= 0.3 is 0 Å². The van der Waals surface area contributed by atoms with E-state index in [1.807, 2.05) is 11.4 Å². The van der Waals surface area contributed by atoms with E-state index in [9.17, 15) is 14.4 Å². The molecule has 3 N–H and O–H groups in total. The molecule has 1 saturated heterocycles. The summed E-state index contributed by atoms with van der Waals surface area (Å²) in [4.78, 5) is 33.9. The summed E-state index contributed by atoms with van der Waals surface area (Å²) < 4.78 is 0. The SMILES string of the molecule is C=C(NC1CCC(=O)NC1=O)c1ccsc1NC(C)=O. The molecule has 1 aromatic heterocycles. The second-order valence-corrected chi connectivity index (χ2v) is 5.39. The second-order valence-electron chi connectivity index (χ2n) is 4.47. The van der Waals surface area contributed by atoms with Crippen molar-refractivity contribution in [3.05, 3.63) is 23.6 Å². The summed E-state index contributed by atoms with van der Waals surface area (Å²) in [5.41, 5.74) is 1.29. The molecule has 2 rings (SSSR count). The van der Waals surface area contributed by atoms with Crippen molar-refractivity contribution in [2.24, 2.45) is 0 Å². The largest absolute Gasteiger partial charge is 0.374 e. The molecule has 0 bridgehead atoms. The number of rotatable bonds is 4. The number of imide groups is 1. The summed E-state index contributed by atoms with van der Waals surface area (Å²) >= 11 is 1.38. The molecule has 1 fully saturated rings. The highest BCUT2D eigenvalue weighted by Crippen LogP contribution is 2.28. The highest BCUT2D eigenvalue weighted by molar-refractivity contribution is 7.14. The van der Waals surface area contributed by atoms with Crippen LogP contribution in [0.25, 0.3) is 5.70 Å². The van der Waals surface area contributed by atoms with E-state index in [4.69, 9.17) is 0 Å². The molecule has 7 heteroatoms. The Kier molecular flexibility index (Phi) is 4.19. The molecule has 1 atom stereocenters. The smallest absolute Gasteiger partial charge is 0.249 e. The third kappa shape index (κ3) is 3.24. The van der Waals surface area contributed by atoms with Crippen LogP contribution in [-0.2, 0) is 14.4 Å². The maximum atomic E-state index is 11.7. The number of carbonyl (C=O) groups is 3. The molecule has 1 unspecified atom stereocenters. The Hall–Kier alpha value is -2.15. The van der Waals surface area contributed by atoms with E-state index in [0.29, 0.717) is 23.5 Å². The predicted molar refractivity (Wildman–Crippen MR) is 77.0 cm³/mol. The van der Waals surface area contributed by atoms with E-state index in [-0.39, 0.29) is 17.7 Å². The molecule has 3 amide bonds. The number of nitrogens with one attached hydrogen (secondary N) is 3. The van der Waals surface area contributed by atoms with Crippen LogP contribution in [0.5, 0.6) is 0 Å². The Labute approximate surface area is 120 Å². The molecule has 2 heterocycles. The number of carbonyl (C=O) groups excluding carboxylic acids is 3. The van der Waals surface area contributed by atoms with Gasteiger partial charge in [-0.3, -0.25) is 19.7 Å². The molecule has 1 aliphatic rings. The lowest BCUT2D eigenvalue weighted by molar-refractivity contribution is -0.134. The van der Waals surface area contributed by atoms with Crippen LogP contribution in [0.2, 0.25) is 0 Å². The third-order valence-corrected chi connectivity index (χ3v) is 3.70. The molecular weight excluding hydrogens is 278 g/mol. The van der Waals surface area contributed by atoms with Crippen molar-refractivity contribution >= 4 is 39.8 Å². The first-order chi connectivity index (χ1) is 9.47. The maximum Gasteiger partial charge on any atom is 0.249 e. The fourth-order valence-electron chi connectivity index (χ4n) is 1.92. The molecule has 1 aliphatic heterocycles. The summed E-state index contributed by atoms with van der Waals surface area (Å²) in [6.45, 7) is 5.32. The summed E-state index contributed by atoms with van der Waals surface area (Å²) in [6, 6.07) is 1.34. The highest BCUT2D eigenvalue weighted by atomic mass is 32.1. The van der Waals surface area contributed by atoms with Gasteiger partial charge in [0.1, 0.15) is 11.0 Å². The number of hydrogen-bond acceptors (Lipinski definition) is 5. The summed E-state index contributed by atoms with van der Waals surface area (Å²) in [6.07, 6.45) is 0.738. The monoisotopic (exact) mass is 293 g/mol. The van der Waals surface area contributed by atoms with Gasteiger partial charge in [0, 0.05) is 24.6 Å². The first kappa shape index (κ1) is 14.3. The van der Waals surface area contributed by atoms with Crippen molar-refractivity contribution in [2.75, 3.05) is 5.32 Å². The van der Waals surface area contributed by atoms with E-state index in [1.165, 1.54) is 18.3 Å². The number of thiophene rings is 1. The zero-order chi connectivity index (χ0) is 14.7. The molecule has 106 valence electrons. The van der Waals surface area contributed by atoms with Gasteiger partial charge in [0.05, 0.1) is 0 Å². The molecule has 6 nitrogen and oxygen atoms in total. The van der Waals surface area contributed by atoms with Crippen molar-refractivity contribution in [3.8, 4) is 0 Å². The lowest BCUT2D eigenvalue weighted by Crippen LogP contribution is -2.50. The number of hydrogen-bond donors (Lipinski definition) is 3. The molecule has 0 saturated carbocycles. The maximum absolute atomic E-state index is 11.7. The fraction of sp³-hybridized carbons (Fsp3) is 0.308. The molecule has 0 aromatic carbocycles. The Balaban J connectivity index is 2.05. The minimum Gasteiger partial charge on any atom is -0.374 e. The van der Waals surface area contributed by atoms with E-state index in [2.05, 4.69) is 22.5 Å². The van der Waals surface area contributed by atoms with Gasteiger partial charge < -0.3 is 10.6 Å². The first-order valence-electron chi connectivity index (χ1n) is 6.12. The van der Waals surface area contributed by atoms with Crippen LogP contribution < -0.4 is 16.0 Å². The van der Waals surface area contributed by atoms with Crippen molar-refractivity contribution in [1.29, 1.82) is 0 Å². The van der Waals surface area contributed by atoms with E-state index >= 15 is 0 Å². The topological polar surface area (TPSA) is 87.3 Å². The summed E-state index contributed by atoms with van der Waals surface area (Å²) in [5, 5.41) is 10.5. The second kappa shape index (κ2) is 5.87. The van der Waals surface area contributed by atoms with Crippen LogP contribution >= 0.6 is 11.3 Å². The zero-order valence-corrected chi connectivity index (χ0v) is 11.8. The molecule has 1 aromatic rings. The van der Waals surface area contributed by atoms with Gasteiger partial charge in [-0.1, -0.05) is 6.58 Å². The van der Waals surface area contributed by atoms with Gasteiger partial charge in [-0.25, -0.2) is 0 Å². The van der Waals surface area contributed by atoms with Crippen LogP contribution in [0.15, 0.2) is 18.0 Å². The average molecular weight is 293 g/mol. The molecule has 20 heavy (non-hydrogen) atoms. The Morgan fingerprint density at radius 3 is 2.90 bits per heavy atom. The molecule has 0 radical (unpaired) electrons. The van der Waals surface area contributed by atoms with Crippen LogP contribution in [-0.4, -0.2) is 23.8 Å². The Morgan fingerprint density at radius 1 is 1.50 bits per heavy atom. The highest BCUT2D eigenvalue weighted by Gasteiger charge is 2.27. The van der Waals surface area contributed by atoms with Gasteiger partial charge in [0.25, 0.3) is 0 Å². The average Bonchev–Trinajstić information content (AvgIpc) is 2.80. The molecule has 0 aliphatic carbocycles. The van der Waals surface area contributed by atoms with Crippen LogP contribution in [0, 0.1) is 0 Å². The normalized spacial score (nSPS) is 18.4. The van der Waals surface area contributed by atoms with Gasteiger partial charge in [0.15, 0.2) is 0 Å². The van der Waals surface area contributed by atoms with Crippen LogP contribution in [0.4, 0.5) is 5.00 Å². The molecular formula is C13H15N3O3S. The number of amides is 3. The number of piperidine rings is 1. The van der Waals surface area contributed by atoms with Gasteiger partial charge in [-0.15, -0.1) is 11.3 Å². The standard InChI is InChI=1S/C13H15N3O3S/c1-7(9-5-6-20-13(9)15-8(2)17)14-10-3-4-11(18)16-12(10)19/h5-6,10,14H,1,3-4H2,2H3,(H,15,17)(H,16,18,19). The first-order valence-corrected chi connectivity index (χ1v) is 7.00. The lowest BCUT2D eigenvalue weighted by atomic mass is 10.1. The van der Waals surface area contributed by atoms with E-state index in [1.54, 1.807) is 0 Å². The molecule has 0 spiro atoms. The van der Waals surface area contributed by atoms with Crippen molar-refractivity contribution in [3.63, 3.8) is 0 Å². The predicted octanol–water partition coefficient (Wildman–Crippen LogP) is 1.07. The zero-order valence-electron chi connectivity index (χ0n) is 11.0. The third-order valence-electron chi connectivity index (χ3n) is 2.87. The van der Waals surface area contributed by atoms with Crippen LogP contribution in [0.1, 0.15) is 25.3 Å². The van der Waals surface area contributed by atoms with Crippen molar-refractivity contribution < 1.29 is 14.4 Å². The summed E-state index contributed by atoms with van der Waals surface area (Å²) in [7, 11) is 0. The number of anilines is 1. The van der Waals surface area contributed by atoms with Gasteiger partial charge in [0.2, 0.25) is 17.7 Å². The lowest BCUT2D eigenvalue weighted by Gasteiger charge is -2.23. The Morgan fingerprint density at radius 2 is 2.25 bits per heavy atom. The van der Waals surface area contributed by atoms with E-state index in [0.717, 1.165) is 5.56 Å². The van der Waals surface area contributed by atoms with E-state index < -0.39 is 6.04 Å². The van der Waals surface area contributed by atoms with Crippen molar-refractivity contribution in [2.45, 2.75) is 25.8 Å². The fourth-order valence-corrected chi connectivity index (χ4v) is 2.78. The summed E-state index contributed by atoms with van der Waals surface area (Å²) in [5.74, 6) is -0.769. The van der Waals surface area contributed by atoms with Gasteiger partial charge in [-0.05, 0) is 17.9 Å². The van der Waals surface area contributed by atoms with Gasteiger partial charge in [-0.2, -0.15) is 0 Å². The van der Waals surface area contributed by atoms with Crippen molar-refractivity contribution in [1.82, 2.24) is 10.6 Å². The minimum atomic E-state index is -0.481. The minimum absolute atomic E-state index is 0.164. The quantitative estimate of drug-likeness (QED) is 0.725. The van der Waals surface area contributed by atoms with Crippen LogP contribution in [0.3, 0.4) is 0 Å².